The number of imidazole rings is 1. The molecule has 0 radical (unpaired) electrons. The summed E-state index contributed by atoms with van der Waals surface area (Å²) in [6.45, 7) is 0. The van der Waals surface area contributed by atoms with Gasteiger partial charge in [0.2, 0.25) is 0 Å². The van der Waals surface area contributed by atoms with Gasteiger partial charge in [-0.3, -0.25) is 4.79 Å². The van der Waals surface area contributed by atoms with E-state index in [1.165, 1.54) is 18.9 Å². The summed E-state index contributed by atoms with van der Waals surface area (Å²) in [5.74, 6) is 0.884. The number of nitrogens with zero attached hydrogens (tertiary/aromatic N) is 2. The molecule has 0 aliphatic rings. The van der Waals surface area contributed by atoms with E-state index >= 15 is 0 Å². The first kappa shape index (κ1) is 11.0. The SMILES string of the molecule is COC(=O)CSCc1cn2ccccc2n1. The van der Waals surface area contributed by atoms with Crippen molar-refractivity contribution in [3.8, 4) is 0 Å². The number of aromatic nitrogens is 2. The van der Waals surface area contributed by atoms with E-state index in [-0.39, 0.29) is 5.97 Å². The molecule has 2 heterocycles. The number of carbonyl (C=O) groups is 1. The number of ether oxygens (including phenoxy) is 1. The van der Waals surface area contributed by atoms with Crippen LogP contribution in [0.2, 0.25) is 0 Å². The number of hydrogen-bond acceptors (Lipinski definition) is 4. The molecule has 0 N–H and O–H groups in total. The maximum absolute atomic E-state index is 10.9. The molecule has 0 saturated heterocycles. The van der Waals surface area contributed by atoms with E-state index < -0.39 is 0 Å². The molecule has 0 aliphatic heterocycles. The molecule has 0 aliphatic carbocycles. The molecule has 0 bridgehead atoms. The molecular formula is C11H12N2O2S. The number of methoxy groups -OCH3 is 1. The summed E-state index contributed by atoms with van der Waals surface area (Å²) in [7, 11) is 1.40. The molecule has 0 unspecified atom stereocenters. The Labute approximate surface area is 97.6 Å². The largest absolute Gasteiger partial charge is 0.468 e. The van der Waals surface area contributed by atoms with Gasteiger partial charge >= 0.3 is 5.97 Å². The fourth-order valence-electron chi connectivity index (χ4n) is 1.35. The number of fused-ring (bicyclic) bond motifs is 1. The maximum atomic E-state index is 10.9. The molecule has 2 aromatic rings. The summed E-state index contributed by atoms with van der Waals surface area (Å²) in [5, 5.41) is 0. The Hall–Kier alpha value is -1.49. The van der Waals surface area contributed by atoms with E-state index in [0.29, 0.717) is 5.75 Å². The van der Waals surface area contributed by atoms with Crippen molar-refractivity contribution in [1.29, 1.82) is 0 Å². The minimum atomic E-state index is -0.200. The lowest BCUT2D eigenvalue weighted by molar-refractivity contribution is -0.137. The predicted molar refractivity (Wildman–Crippen MR) is 63.4 cm³/mol. The second-order valence-corrected chi connectivity index (χ2v) is 4.25. The smallest absolute Gasteiger partial charge is 0.315 e. The third-order valence-electron chi connectivity index (χ3n) is 2.11. The van der Waals surface area contributed by atoms with E-state index in [0.717, 1.165) is 17.1 Å². The van der Waals surface area contributed by atoms with Crippen molar-refractivity contribution < 1.29 is 9.53 Å². The highest BCUT2D eigenvalue weighted by molar-refractivity contribution is 7.99. The Kier molecular flexibility index (Phi) is 3.46. The van der Waals surface area contributed by atoms with Crippen molar-refractivity contribution in [2.24, 2.45) is 0 Å². The normalized spacial score (nSPS) is 10.6. The first-order valence-electron chi connectivity index (χ1n) is 4.87. The van der Waals surface area contributed by atoms with Crippen molar-refractivity contribution in [2.45, 2.75) is 5.75 Å². The lowest BCUT2D eigenvalue weighted by Crippen LogP contribution is -2.03. The van der Waals surface area contributed by atoms with E-state index in [2.05, 4.69) is 9.72 Å². The zero-order valence-corrected chi connectivity index (χ0v) is 9.74. The third kappa shape index (κ3) is 2.55. The second kappa shape index (κ2) is 5.03. The molecule has 2 aromatic heterocycles. The summed E-state index contributed by atoms with van der Waals surface area (Å²) in [6, 6.07) is 5.86. The lowest BCUT2D eigenvalue weighted by atomic mass is 10.5. The molecule has 5 heteroatoms. The van der Waals surface area contributed by atoms with Gasteiger partial charge in [-0.15, -0.1) is 11.8 Å². The highest BCUT2D eigenvalue weighted by Crippen LogP contribution is 2.12. The summed E-state index contributed by atoms with van der Waals surface area (Å²) >= 11 is 1.50. The second-order valence-electron chi connectivity index (χ2n) is 3.27. The summed E-state index contributed by atoms with van der Waals surface area (Å²) in [6.07, 6.45) is 3.93. The van der Waals surface area contributed by atoms with Gasteiger partial charge in [0.1, 0.15) is 5.65 Å². The van der Waals surface area contributed by atoms with E-state index in [1.54, 1.807) is 0 Å². The minimum Gasteiger partial charge on any atom is -0.468 e. The fraction of sp³-hybridized carbons (Fsp3) is 0.273. The maximum Gasteiger partial charge on any atom is 0.315 e. The van der Waals surface area contributed by atoms with Crippen LogP contribution < -0.4 is 0 Å². The van der Waals surface area contributed by atoms with Crippen LogP contribution in [0, 0.1) is 0 Å². The Bertz CT molecular complexity index is 462. The third-order valence-corrected chi connectivity index (χ3v) is 3.05. The Morgan fingerprint density at radius 2 is 2.44 bits per heavy atom. The highest BCUT2D eigenvalue weighted by Gasteiger charge is 2.03. The van der Waals surface area contributed by atoms with Crippen LogP contribution >= 0.6 is 11.8 Å². The molecule has 0 aromatic carbocycles. The van der Waals surface area contributed by atoms with Gasteiger partial charge in [0.25, 0.3) is 0 Å². The number of rotatable bonds is 4. The van der Waals surface area contributed by atoms with Gasteiger partial charge in [-0.05, 0) is 12.1 Å². The summed E-state index contributed by atoms with van der Waals surface area (Å²) in [4.78, 5) is 15.3. The molecule has 84 valence electrons. The topological polar surface area (TPSA) is 43.6 Å². The Morgan fingerprint density at radius 1 is 1.56 bits per heavy atom. The molecule has 2 rings (SSSR count). The molecule has 0 spiro atoms. The number of thioether (sulfide) groups is 1. The number of pyridine rings is 1. The van der Waals surface area contributed by atoms with Gasteiger partial charge < -0.3 is 9.14 Å². The molecule has 4 nitrogen and oxygen atoms in total. The molecule has 16 heavy (non-hydrogen) atoms. The van der Waals surface area contributed by atoms with Crippen LogP contribution in [-0.4, -0.2) is 28.2 Å². The van der Waals surface area contributed by atoms with Gasteiger partial charge in [0, 0.05) is 18.1 Å². The van der Waals surface area contributed by atoms with Crippen LogP contribution in [0.4, 0.5) is 0 Å². The van der Waals surface area contributed by atoms with Gasteiger partial charge in [-0.25, -0.2) is 4.98 Å². The fourth-order valence-corrected chi connectivity index (χ4v) is 2.09. The van der Waals surface area contributed by atoms with Gasteiger partial charge in [0.05, 0.1) is 18.6 Å². The average Bonchev–Trinajstić information content (AvgIpc) is 2.71. The van der Waals surface area contributed by atoms with E-state index in [4.69, 9.17) is 0 Å². The quantitative estimate of drug-likeness (QED) is 0.758. The van der Waals surface area contributed by atoms with Gasteiger partial charge in [0.15, 0.2) is 0 Å². The molecule has 0 fully saturated rings. The number of hydrogen-bond donors (Lipinski definition) is 0. The Morgan fingerprint density at radius 3 is 3.19 bits per heavy atom. The van der Waals surface area contributed by atoms with Crippen LogP contribution in [0.25, 0.3) is 5.65 Å². The van der Waals surface area contributed by atoms with Crippen LogP contribution in [0.3, 0.4) is 0 Å². The average molecular weight is 236 g/mol. The molecule has 0 atom stereocenters. The van der Waals surface area contributed by atoms with Crippen molar-refractivity contribution in [3.05, 3.63) is 36.3 Å². The van der Waals surface area contributed by atoms with Gasteiger partial charge in [-0.2, -0.15) is 0 Å². The van der Waals surface area contributed by atoms with Crippen molar-refractivity contribution in [3.63, 3.8) is 0 Å². The minimum absolute atomic E-state index is 0.200. The Balaban J connectivity index is 1.97. The first-order chi connectivity index (χ1) is 7.79. The highest BCUT2D eigenvalue weighted by atomic mass is 32.2. The van der Waals surface area contributed by atoms with Gasteiger partial charge in [-0.1, -0.05) is 6.07 Å². The van der Waals surface area contributed by atoms with Crippen LogP contribution in [-0.2, 0) is 15.3 Å². The summed E-state index contributed by atoms with van der Waals surface area (Å²) < 4.78 is 6.53. The van der Waals surface area contributed by atoms with Crippen molar-refractivity contribution in [2.75, 3.05) is 12.9 Å². The molecular weight excluding hydrogens is 224 g/mol. The van der Waals surface area contributed by atoms with E-state index in [9.17, 15) is 4.79 Å². The first-order valence-corrected chi connectivity index (χ1v) is 6.02. The zero-order valence-electron chi connectivity index (χ0n) is 8.92. The van der Waals surface area contributed by atoms with Crippen molar-refractivity contribution >= 4 is 23.4 Å². The monoisotopic (exact) mass is 236 g/mol. The standard InChI is InChI=1S/C11H12N2O2S/c1-15-11(14)8-16-7-9-6-13-5-3-2-4-10(13)12-9/h2-6H,7-8H2,1H3. The predicted octanol–water partition coefficient (Wildman–Crippen LogP) is 1.74. The number of carbonyl (C=O) groups excluding carboxylic acids is 1. The van der Waals surface area contributed by atoms with Crippen LogP contribution in [0.15, 0.2) is 30.6 Å². The van der Waals surface area contributed by atoms with Crippen LogP contribution in [0.5, 0.6) is 0 Å². The molecule has 0 amide bonds. The van der Waals surface area contributed by atoms with Crippen LogP contribution in [0.1, 0.15) is 5.69 Å². The molecule has 0 saturated carbocycles. The zero-order chi connectivity index (χ0) is 11.4. The lowest BCUT2D eigenvalue weighted by Gasteiger charge is -1.96. The summed E-state index contributed by atoms with van der Waals surface area (Å²) in [5.41, 5.74) is 1.90. The van der Waals surface area contributed by atoms with E-state index in [1.807, 2.05) is 35.0 Å². The number of esters is 1. The van der Waals surface area contributed by atoms with Crippen molar-refractivity contribution in [1.82, 2.24) is 9.38 Å².